The van der Waals surface area contributed by atoms with E-state index in [9.17, 15) is 0 Å². The summed E-state index contributed by atoms with van der Waals surface area (Å²) in [5, 5.41) is 3.87. The summed E-state index contributed by atoms with van der Waals surface area (Å²) in [4.78, 5) is 4.51. The van der Waals surface area contributed by atoms with Crippen LogP contribution in [0.25, 0.3) is 0 Å². The molecule has 3 rings (SSSR count). The van der Waals surface area contributed by atoms with Crippen molar-refractivity contribution in [3.05, 3.63) is 65.2 Å². The van der Waals surface area contributed by atoms with Gasteiger partial charge in [-0.3, -0.25) is 0 Å². The second-order valence-electron chi connectivity index (χ2n) is 4.97. The first kappa shape index (κ1) is 16.1. The van der Waals surface area contributed by atoms with Gasteiger partial charge in [0.2, 0.25) is 0 Å². The van der Waals surface area contributed by atoms with Gasteiger partial charge in [-0.2, -0.15) is 0 Å². The molecule has 0 saturated heterocycles. The molecule has 2 unspecified atom stereocenters. The number of halogens is 2. The molecule has 2 aromatic rings. The van der Waals surface area contributed by atoms with Gasteiger partial charge >= 0.3 is 0 Å². The van der Waals surface area contributed by atoms with Crippen molar-refractivity contribution in [3.8, 4) is 0 Å². The Morgan fingerprint density at radius 1 is 1.14 bits per heavy atom. The average Bonchev–Trinajstić information content (AvgIpc) is 3.19. The molecule has 1 aliphatic carbocycles. The molecule has 0 amide bonds. The third kappa shape index (κ3) is 4.35. The van der Waals surface area contributed by atoms with Crippen LogP contribution in [0, 0.1) is 0 Å². The summed E-state index contributed by atoms with van der Waals surface area (Å²) >= 11 is 6.00. The van der Waals surface area contributed by atoms with Gasteiger partial charge in [-0.25, -0.2) is 4.99 Å². The van der Waals surface area contributed by atoms with E-state index in [-0.39, 0.29) is 30.0 Å². The maximum atomic E-state index is 6.00. The molecule has 0 radical (unpaired) electrons. The van der Waals surface area contributed by atoms with Crippen molar-refractivity contribution in [2.45, 2.75) is 18.4 Å². The molecule has 2 aromatic carbocycles. The minimum Gasteiger partial charge on any atom is -0.370 e. The fourth-order valence-electron chi connectivity index (χ4n) is 2.30. The number of nitrogens with one attached hydrogen (secondary N) is 1. The van der Waals surface area contributed by atoms with E-state index in [2.05, 4.69) is 16.4 Å². The fraction of sp³-hybridized carbons (Fsp3) is 0.188. The Balaban J connectivity index is 0.00000161. The van der Waals surface area contributed by atoms with E-state index in [4.69, 9.17) is 17.3 Å². The molecule has 1 aliphatic rings. The minimum absolute atomic E-state index is 0. The fourth-order valence-corrected chi connectivity index (χ4v) is 2.50. The third-order valence-electron chi connectivity index (χ3n) is 3.38. The largest absolute Gasteiger partial charge is 0.370 e. The van der Waals surface area contributed by atoms with Gasteiger partial charge in [0, 0.05) is 16.6 Å². The second kappa shape index (κ2) is 7.13. The van der Waals surface area contributed by atoms with Crippen LogP contribution in [0.15, 0.2) is 59.6 Å². The van der Waals surface area contributed by atoms with E-state index < -0.39 is 0 Å². The van der Waals surface area contributed by atoms with Gasteiger partial charge in [0.1, 0.15) is 0 Å². The van der Waals surface area contributed by atoms with Crippen LogP contribution in [0.4, 0.5) is 5.69 Å². The monoisotopic (exact) mass is 413 g/mol. The van der Waals surface area contributed by atoms with Gasteiger partial charge < -0.3 is 11.1 Å². The quantitative estimate of drug-likeness (QED) is 0.449. The van der Waals surface area contributed by atoms with E-state index in [0.29, 0.717) is 11.9 Å². The summed E-state index contributed by atoms with van der Waals surface area (Å²) in [6.45, 7) is 0. The number of anilines is 1. The SMILES string of the molecule is I.NC(=NC1CC1c1cccc(Cl)c1)Nc1ccccc1. The van der Waals surface area contributed by atoms with E-state index in [1.807, 2.05) is 48.5 Å². The highest BCUT2D eigenvalue weighted by Gasteiger charge is 2.38. The predicted molar refractivity (Wildman–Crippen MR) is 99.7 cm³/mol. The van der Waals surface area contributed by atoms with Crippen molar-refractivity contribution < 1.29 is 0 Å². The molecular formula is C16H17ClIN3. The number of nitrogens with two attached hydrogens (primary N) is 1. The Bertz CT molecular complexity index is 630. The summed E-state index contributed by atoms with van der Waals surface area (Å²) in [5.41, 5.74) is 8.12. The van der Waals surface area contributed by atoms with E-state index >= 15 is 0 Å². The van der Waals surface area contributed by atoms with Crippen molar-refractivity contribution in [3.63, 3.8) is 0 Å². The van der Waals surface area contributed by atoms with Crippen molar-refractivity contribution in [2.75, 3.05) is 5.32 Å². The molecule has 0 spiro atoms. The highest BCUT2D eigenvalue weighted by molar-refractivity contribution is 14.0. The maximum absolute atomic E-state index is 6.00. The Hall–Kier alpha value is -1.27. The Labute approximate surface area is 146 Å². The number of para-hydroxylation sites is 1. The van der Waals surface area contributed by atoms with Gasteiger partial charge in [-0.15, -0.1) is 24.0 Å². The molecule has 1 fully saturated rings. The number of hydrogen-bond acceptors (Lipinski definition) is 1. The lowest BCUT2D eigenvalue weighted by Crippen LogP contribution is -2.23. The molecule has 21 heavy (non-hydrogen) atoms. The van der Waals surface area contributed by atoms with Gasteiger partial charge in [0.05, 0.1) is 6.04 Å². The Kier molecular flexibility index (Phi) is 5.47. The van der Waals surface area contributed by atoms with Gasteiger partial charge in [-0.1, -0.05) is 41.9 Å². The van der Waals surface area contributed by atoms with E-state index in [0.717, 1.165) is 17.1 Å². The normalized spacial score (nSPS) is 20.5. The van der Waals surface area contributed by atoms with Crippen LogP contribution >= 0.6 is 35.6 Å². The molecule has 3 nitrogen and oxygen atoms in total. The summed E-state index contributed by atoms with van der Waals surface area (Å²) in [6, 6.07) is 18.0. The highest BCUT2D eigenvalue weighted by atomic mass is 127. The molecule has 2 atom stereocenters. The van der Waals surface area contributed by atoms with Crippen LogP contribution in [0.3, 0.4) is 0 Å². The molecule has 0 aromatic heterocycles. The van der Waals surface area contributed by atoms with Crippen molar-refractivity contribution in [2.24, 2.45) is 10.7 Å². The van der Waals surface area contributed by atoms with Gasteiger partial charge in [0.25, 0.3) is 0 Å². The van der Waals surface area contributed by atoms with E-state index in [1.54, 1.807) is 0 Å². The van der Waals surface area contributed by atoms with Crippen LogP contribution in [-0.2, 0) is 0 Å². The molecule has 5 heteroatoms. The summed E-state index contributed by atoms with van der Waals surface area (Å²) in [5.74, 6) is 0.899. The maximum Gasteiger partial charge on any atom is 0.193 e. The van der Waals surface area contributed by atoms with E-state index in [1.165, 1.54) is 5.56 Å². The summed E-state index contributed by atoms with van der Waals surface area (Å²) in [6.07, 6.45) is 1.03. The molecular weight excluding hydrogens is 397 g/mol. The summed E-state index contributed by atoms with van der Waals surface area (Å²) < 4.78 is 0. The number of hydrogen-bond donors (Lipinski definition) is 2. The molecule has 110 valence electrons. The number of rotatable bonds is 3. The molecule has 1 saturated carbocycles. The molecule has 0 aliphatic heterocycles. The van der Waals surface area contributed by atoms with Gasteiger partial charge in [0.15, 0.2) is 5.96 Å². The number of nitrogens with zero attached hydrogens (tertiary/aromatic N) is 1. The standard InChI is InChI=1S/C16H16ClN3.HI/c17-12-6-4-5-11(9-12)14-10-15(14)20-16(18)19-13-7-2-1-3-8-13;/h1-9,14-15H,10H2,(H3,18,19,20);1H. The van der Waals surface area contributed by atoms with Crippen molar-refractivity contribution in [1.82, 2.24) is 0 Å². The van der Waals surface area contributed by atoms with Crippen LogP contribution < -0.4 is 11.1 Å². The first-order valence-electron chi connectivity index (χ1n) is 6.63. The zero-order valence-corrected chi connectivity index (χ0v) is 14.5. The lowest BCUT2D eigenvalue weighted by molar-refractivity contribution is 0.985. The topological polar surface area (TPSA) is 50.4 Å². The van der Waals surface area contributed by atoms with Crippen LogP contribution in [0.5, 0.6) is 0 Å². The molecule has 0 heterocycles. The summed E-state index contributed by atoms with van der Waals surface area (Å²) in [7, 11) is 0. The highest BCUT2D eigenvalue weighted by Crippen LogP contribution is 2.43. The number of guanidine groups is 1. The third-order valence-corrected chi connectivity index (χ3v) is 3.62. The Morgan fingerprint density at radius 3 is 2.62 bits per heavy atom. The molecule has 3 N–H and O–H groups in total. The average molecular weight is 414 g/mol. The van der Waals surface area contributed by atoms with Crippen molar-refractivity contribution >= 4 is 47.2 Å². The van der Waals surface area contributed by atoms with Crippen LogP contribution in [0.1, 0.15) is 17.9 Å². The number of aliphatic imine (C=N–C) groups is 1. The first-order chi connectivity index (χ1) is 9.72. The molecule has 0 bridgehead atoms. The smallest absolute Gasteiger partial charge is 0.193 e. The predicted octanol–water partition coefficient (Wildman–Crippen LogP) is 4.24. The number of benzene rings is 2. The second-order valence-corrected chi connectivity index (χ2v) is 5.41. The zero-order chi connectivity index (χ0) is 13.9. The van der Waals surface area contributed by atoms with Crippen LogP contribution in [0.2, 0.25) is 5.02 Å². The van der Waals surface area contributed by atoms with Gasteiger partial charge in [-0.05, 0) is 36.2 Å². The lowest BCUT2D eigenvalue weighted by Gasteiger charge is -2.05. The zero-order valence-electron chi connectivity index (χ0n) is 11.4. The minimum atomic E-state index is 0. The van der Waals surface area contributed by atoms with Crippen molar-refractivity contribution in [1.29, 1.82) is 0 Å². The lowest BCUT2D eigenvalue weighted by atomic mass is 10.1. The Morgan fingerprint density at radius 2 is 1.90 bits per heavy atom. The van der Waals surface area contributed by atoms with Crippen LogP contribution in [-0.4, -0.2) is 12.0 Å². The first-order valence-corrected chi connectivity index (χ1v) is 7.01.